The molecule has 1 saturated heterocycles. The highest BCUT2D eigenvalue weighted by molar-refractivity contribution is 6.45. The fourth-order valence-electron chi connectivity index (χ4n) is 2.17. The molecule has 10 heteroatoms. The monoisotopic (exact) mass is 405 g/mol. The van der Waals surface area contributed by atoms with E-state index in [4.69, 9.17) is 34.8 Å². The number of hydrogen-bond acceptors (Lipinski definition) is 4. The minimum atomic E-state index is -1.04. The first-order chi connectivity index (χ1) is 11.6. The molecule has 1 aliphatic rings. The average Bonchev–Trinajstić information content (AvgIpc) is 2.70. The van der Waals surface area contributed by atoms with Gasteiger partial charge in [0.2, 0.25) is 5.91 Å². The van der Waals surface area contributed by atoms with Crippen molar-refractivity contribution in [2.75, 3.05) is 18.4 Å². The van der Waals surface area contributed by atoms with Crippen LogP contribution in [0.15, 0.2) is 12.1 Å². The van der Waals surface area contributed by atoms with Crippen LogP contribution in [-0.4, -0.2) is 46.6 Å². The smallest absolute Gasteiger partial charge is 0.323 e. The van der Waals surface area contributed by atoms with Gasteiger partial charge in [0.05, 0.1) is 20.8 Å². The zero-order valence-corrected chi connectivity index (χ0v) is 15.6. The van der Waals surface area contributed by atoms with Crippen molar-refractivity contribution >= 4 is 64.2 Å². The predicted octanol–water partition coefficient (Wildman–Crippen LogP) is 3.03. The van der Waals surface area contributed by atoms with Crippen LogP contribution in [0, 0.1) is 5.92 Å². The van der Waals surface area contributed by atoms with E-state index in [0.29, 0.717) is 4.90 Å². The molecule has 1 aromatic rings. The van der Waals surface area contributed by atoms with E-state index in [1.165, 1.54) is 12.1 Å². The molecule has 7 nitrogen and oxygen atoms in total. The Morgan fingerprint density at radius 1 is 1.00 bits per heavy atom. The topological polar surface area (TPSA) is 86.8 Å². The van der Waals surface area contributed by atoms with Gasteiger partial charge in [0.15, 0.2) is 0 Å². The standard InChI is InChI=1S/C15H14Cl3N3O4/c1-7(2)5-20-13(23)14(24)21(15(20)25)6-12(22)19-11-4-9(17)8(16)3-10(11)18/h3-4,7H,5-6H2,1-2H3,(H,19,22). The van der Waals surface area contributed by atoms with E-state index in [0.717, 1.165) is 4.90 Å². The predicted molar refractivity (Wildman–Crippen MR) is 93.8 cm³/mol. The van der Waals surface area contributed by atoms with E-state index in [2.05, 4.69) is 5.32 Å². The summed E-state index contributed by atoms with van der Waals surface area (Å²) >= 11 is 17.6. The first-order valence-corrected chi connectivity index (χ1v) is 8.37. The van der Waals surface area contributed by atoms with E-state index in [1.54, 1.807) is 13.8 Å². The summed E-state index contributed by atoms with van der Waals surface area (Å²) in [5, 5.41) is 2.95. The second-order valence-corrected chi connectivity index (χ2v) is 7.00. The molecule has 134 valence electrons. The highest BCUT2D eigenvalue weighted by atomic mass is 35.5. The number of imide groups is 2. The van der Waals surface area contributed by atoms with Crippen molar-refractivity contribution < 1.29 is 19.2 Å². The molecular formula is C15H14Cl3N3O4. The second-order valence-electron chi connectivity index (χ2n) is 5.78. The first-order valence-electron chi connectivity index (χ1n) is 7.23. The van der Waals surface area contributed by atoms with Gasteiger partial charge in [-0.05, 0) is 18.1 Å². The van der Waals surface area contributed by atoms with Crippen molar-refractivity contribution in [3.8, 4) is 0 Å². The number of amides is 5. The molecule has 5 amide bonds. The number of hydrogen-bond donors (Lipinski definition) is 1. The number of nitrogens with zero attached hydrogens (tertiary/aromatic N) is 2. The average molecular weight is 407 g/mol. The third-order valence-electron chi connectivity index (χ3n) is 3.27. The van der Waals surface area contributed by atoms with E-state index in [-0.39, 0.29) is 33.2 Å². The lowest BCUT2D eigenvalue weighted by atomic mass is 10.2. The Morgan fingerprint density at radius 2 is 1.56 bits per heavy atom. The third-order valence-corrected chi connectivity index (χ3v) is 4.30. The Bertz CT molecular complexity index is 767. The molecule has 1 fully saturated rings. The number of anilines is 1. The van der Waals surface area contributed by atoms with Gasteiger partial charge in [-0.15, -0.1) is 0 Å². The lowest BCUT2D eigenvalue weighted by Crippen LogP contribution is -2.39. The van der Waals surface area contributed by atoms with Crippen LogP contribution < -0.4 is 5.32 Å². The number of rotatable bonds is 5. The van der Waals surface area contributed by atoms with Crippen molar-refractivity contribution in [1.29, 1.82) is 0 Å². The lowest BCUT2D eigenvalue weighted by molar-refractivity contribution is -0.143. The van der Waals surface area contributed by atoms with Crippen LogP contribution in [0.25, 0.3) is 0 Å². The van der Waals surface area contributed by atoms with Crippen molar-refractivity contribution in [1.82, 2.24) is 9.80 Å². The maximum absolute atomic E-state index is 12.2. The lowest BCUT2D eigenvalue weighted by Gasteiger charge is -2.17. The summed E-state index contributed by atoms with van der Waals surface area (Å²) in [6.07, 6.45) is 0. The second kappa shape index (κ2) is 7.59. The van der Waals surface area contributed by atoms with Gasteiger partial charge >= 0.3 is 17.8 Å². The SMILES string of the molecule is CC(C)CN1C(=O)C(=O)N(CC(=O)Nc2cc(Cl)c(Cl)cc2Cl)C1=O. The van der Waals surface area contributed by atoms with Gasteiger partial charge in [-0.2, -0.15) is 0 Å². The Balaban J connectivity index is 2.10. The largest absolute Gasteiger partial charge is 0.334 e. The molecule has 0 atom stereocenters. The molecule has 0 spiro atoms. The van der Waals surface area contributed by atoms with Gasteiger partial charge in [-0.3, -0.25) is 19.3 Å². The van der Waals surface area contributed by atoms with Crippen LogP contribution in [0.5, 0.6) is 0 Å². The molecule has 1 aliphatic heterocycles. The molecule has 0 bridgehead atoms. The summed E-state index contributed by atoms with van der Waals surface area (Å²) < 4.78 is 0. The minimum absolute atomic E-state index is 0.00973. The number of halogens is 3. The van der Waals surface area contributed by atoms with Crippen LogP contribution in [0.1, 0.15) is 13.8 Å². The Hall–Kier alpha value is -1.83. The Morgan fingerprint density at radius 3 is 2.16 bits per heavy atom. The molecule has 0 aliphatic carbocycles. The zero-order chi connectivity index (χ0) is 18.9. The van der Waals surface area contributed by atoms with Gasteiger partial charge in [-0.25, -0.2) is 9.69 Å². The first kappa shape index (κ1) is 19.5. The zero-order valence-electron chi connectivity index (χ0n) is 13.3. The molecule has 0 aromatic heterocycles. The molecule has 0 saturated carbocycles. The van der Waals surface area contributed by atoms with Crippen LogP contribution in [0.3, 0.4) is 0 Å². The van der Waals surface area contributed by atoms with Gasteiger partial charge in [0, 0.05) is 6.54 Å². The molecule has 1 N–H and O–H groups in total. The summed E-state index contributed by atoms with van der Waals surface area (Å²) in [7, 11) is 0. The third kappa shape index (κ3) is 4.23. The van der Waals surface area contributed by atoms with Crippen LogP contribution in [-0.2, 0) is 14.4 Å². The summed E-state index contributed by atoms with van der Waals surface area (Å²) in [6, 6.07) is 1.87. The molecule has 0 unspecified atom stereocenters. The fraction of sp³-hybridized carbons (Fsp3) is 0.333. The number of urea groups is 1. The van der Waals surface area contributed by atoms with E-state index < -0.39 is 30.3 Å². The van der Waals surface area contributed by atoms with Gasteiger partial charge in [0.25, 0.3) is 0 Å². The van der Waals surface area contributed by atoms with Gasteiger partial charge in [0.1, 0.15) is 6.54 Å². The Kier molecular flexibility index (Phi) is 5.92. The maximum Gasteiger partial charge on any atom is 0.334 e. The number of carbonyl (C=O) groups excluding carboxylic acids is 4. The maximum atomic E-state index is 12.2. The molecule has 0 radical (unpaired) electrons. The molecule has 1 aromatic carbocycles. The van der Waals surface area contributed by atoms with Gasteiger partial charge < -0.3 is 5.32 Å². The highest BCUT2D eigenvalue weighted by Crippen LogP contribution is 2.32. The fourth-order valence-corrected chi connectivity index (χ4v) is 2.76. The van der Waals surface area contributed by atoms with E-state index >= 15 is 0 Å². The summed E-state index contributed by atoms with van der Waals surface area (Å²) in [4.78, 5) is 49.5. The van der Waals surface area contributed by atoms with Crippen LogP contribution >= 0.6 is 34.8 Å². The van der Waals surface area contributed by atoms with Crippen molar-refractivity contribution in [3.05, 3.63) is 27.2 Å². The molecule has 25 heavy (non-hydrogen) atoms. The summed E-state index contributed by atoms with van der Waals surface area (Å²) in [5.74, 6) is -2.70. The molecule has 2 rings (SSSR count). The van der Waals surface area contributed by atoms with Crippen LogP contribution in [0.4, 0.5) is 10.5 Å². The normalized spacial score (nSPS) is 14.7. The minimum Gasteiger partial charge on any atom is -0.323 e. The van der Waals surface area contributed by atoms with Gasteiger partial charge in [-0.1, -0.05) is 48.7 Å². The summed E-state index contributed by atoms with van der Waals surface area (Å²) in [6.45, 7) is 3.08. The molecular weight excluding hydrogens is 393 g/mol. The number of benzene rings is 1. The van der Waals surface area contributed by atoms with Crippen LogP contribution in [0.2, 0.25) is 15.1 Å². The van der Waals surface area contributed by atoms with E-state index in [9.17, 15) is 19.2 Å². The number of carbonyl (C=O) groups is 4. The van der Waals surface area contributed by atoms with Crippen molar-refractivity contribution in [2.45, 2.75) is 13.8 Å². The highest BCUT2D eigenvalue weighted by Gasteiger charge is 2.45. The van der Waals surface area contributed by atoms with Crippen molar-refractivity contribution in [2.24, 2.45) is 5.92 Å². The summed E-state index contributed by atoms with van der Waals surface area (Å²) in [5.41, 5.74) is 0.172. The Labute approximate surface area is 158 Å². The van der Waals surface area contributed by atoms with E-state index in [1.807, 2.05) is 0 Å². The van der Waals surface area contributed by atoms with Crippen molar-refractivity contribution in [3.63, 3.8) is 0 Å². The molecule has 1 heterocycles. The quantitative estimate of drug-likeness (QED) is 0.462. The number of nitrogens with one attached hydrogen (secondary N) is 1.